The normalized spacial score (nSPS) is 14.0. The number of aromatic amines is 1. The fraction of sp³-hybridized carbons (Fsp3) is 0.800. The number of hydrogen-bond acceptors (Lipinski definition) is 5. The maximum atomic E-state index is 10.8. The third-order valence-corrected chi connectivity index (χ3v) is 2.58. The van der Waals surface area contributed by atoms with Gasteiger partial charge in [-0.15, -0.1) is 0 Å². The Morgan fingerprint density at radius 2 is 2.57 bits per heavy atom. The van der Waals surface area contributed by atoms with Crippen molar-refractivity contribution in [3.63, 3.8) is 0 Å². The highest BCUT2D eigenvalue weighted by Crippen LogP contribution is 2.24. The molecular formula is C5H10N4O3PS+. The zero-order valence-corrected chi connectivity index (χ0v) is 9.16. The summed E-state index contributed by atoms with van der Waals surface area (Å²) in [5.74, 6) is -0.788. The summed E-state index contributed by atoms with van der Waals surface area (Å²) in [7, 11) is -2.40. The van der Waals surface area contributed by atoms with E-state index < -0.39 is 13.9 Å². The summed E-state index contributed by atoms with van der Waals surface area (Å²) in [6.45, 7) is 2.25. The maximum Gasteiger partial charge on any atom is 0.539 e. The van der Waals surface area contributed by atoms with Gasteiger partial charge in [-0.3, -0.25) is 0 Å². The molecule has 7 nitrogen and oxygen atoms in total. The Bertz CT molecular complexity index is 364. The Balaban J connectivity index is 2.69. The minimum Gasteiger partial charge on any atom is -0.332 e. The van der Waals surface area contributed by atoms with E-state index in [4.69, 9.17) is 21.8 Å². The van der Waals surface area contributed by atoms with Crippen LogP contribution >= 0.6 is 20.2 Å². The molecule has 9 heteroatoms. The molecule has 0 spiro atoms. The van der Waals surface area contributed by atoms with Crippen molar-refractivity contribution in [3.05, 3.63) is 4.77 Å². The minimum atomic E-state index is -2.40. The van der Waals surface area contributed by atoms with Gasteiger partial charge in [-0.05, 0) is 23.7 Å². The molecule has 0 bridgehead atoms. The molecule has 1 rings (SSSR count). The van der Waals surface area contributed by atoms with Gasteiger partial charge >= 0.3 is 13.9 Å². The number of nitrogens with one attached hydrogen (secondary N) is 1. The smallest absolute Gasteiger partial charge is 0.332 e. The van der Waals surface area contributed by atoms with E-state index in [9.17, 15) is 4.57 Å². The summed E-state index contributed by atoms with van der Waals surface area (Å²) < 4.78 is 17.5. The number of hydrogen-bond donors (Lipinski definition) is 2. The van der Waals surface area contributed by atoms with E-state index in [0.717, 1.165) is 0 Å². The zero-order valence-electron chi connectivity index (χ0n) is 7.45. The Labute approximate surface area is 85.9 Å². The maximum absolute atomic E-state index is 10.8. The number of ether oxygens (including phenoxy) is 1. The van der Waals surface area contributed by atoms with Crippen LogP contribution in [0.3, 0.4) is 0 Å². The van der Waals surface area contributed by atoms with Crippen LogP contribution in [0.4, 0.5) is 0 Å². The zero-order chi connectivity index (χ0) is 10.6. The van der Waals surface area contributed by atoms with E-state index in [1.54, 1.807) is 6.92 Å². The Morgan fingerprint density at radius 1 is 1.86 bits per heavy atom. The van der Waals surface area contributed by atoms with Crippen LogP contribution in [0.5, 0.6) is 0 Å². The van der Waals surface area contributed by atoms with E-state index in [1.165, 1.54) is 4.68 Å². The van der Waals surface area contributed by atoms with Crippen LogP contribution in [0.1, 0.15) is 6.92 Å². The average Bonchev–Trinajstić information content (AvgIpc) is 2.51. The highest BCUT2D eigenvalue weighted by Gasteiger charge is 2.30. The summed E-state index contributed by atoms with van der Waals surface area (Å²) in [6, 6.07) is 0. The van der Waals surface area contributed by atoms with Gasteiger partial charge in [0.25, 0.3) is 0 Å². The predicted molar refractivity (Wildman–Crippen MR) is 50.4 cm³/mol. The van der Waals surface area contributed by atoms with Crippen molar-refractivity contribution in [1.82, 2.24) is 20.2 Å². The van der Waals surface area contributed by atoms with Crippen LogP contribution in [0.2, 0.25) is 0 Å². The average molecular weight is 237 g/mol. The molecule has 0 amide bonds. The van der Waals surface area contributed by atoms with Gasteiger partial charge in [0.15, 0.2) is 0 Å². The molecular weight excluding hydrogens is 227 g/mol. The van der Waals surface area contributed by atoms with Crippen molar-refractivity contribution in [3.8, 4) is 0 Å². The van der Waals surface area contributed by atoms with Crippen molar-refractivity contribution in [2.75, 3.05) is 6.61 Å². The molecule has 0 aromatic carbocycles. The quantitative estimate of drug-likeness (QED) is 0.570. The Morgan fingerprint density at radius 3 is 3.00 bits per heavy atom. The van der Waals surface area contributed by atoms with Gasteiger partial charge in [0.05, 0.1) is 0 Å². The first-order valence-electron chi connectivity index (χ1n) is 3.90. The summed E-state index contributed by atoms with van der Waals surface area (Å²) in [6.07, 6.45) is 0. The highest BCUT2D eigenvalue weighted by molar-refractivity contribution is 7.71. The number of nitrogens with zero attached hydrogens (tertiary/aromatic N) is 3. The van der Waals surface area contributed by atoms with E-state index in [-0.39, 0.29) is 11.3 Å². The van der Waals surface area contributed by atoms with Gasteiger partial charge in [0.2, 0.25) is 4.77 Å². The SMILES string of the molecule is CCOC(Cn1[nH]nnc1=S)[P+](=O)O. The van der Waals surface area contributed by atoms with Gasteiger partial charge in [0, 0.05) is 6.61 Å². The van der Waals surface area contributed by atoms with Crippen molar-refractivity contribution >= 4 is 20.2 Å². The molecule has 0 aliphatic rings. The molecule has 14 heavy (non-hydrogen) atoms. The second kappa shape index (κ2) is 5.26. The number of tetrazole rings is 1. The van der Waals surface area contributed by atoms with E-state index in [0.29, 0.717) is 6.61 Å². The van der Waals surface area contributed by atoms with Crippen molar-refractivity contribution in [2.24, 2.45) is 0 Å². The van der Waals surface area contributed by atoms with E-state index in [1.807, 2.05) is 0 Å². The largest absolute Gasteiger partial charge is 0.539 e. The summed E-state index contributed by atoms with van der Waals surface area (Å²) in [5.41, 5.74) is 0. The molecule has 2 unspecified atom stereocenters. The molecule has 0 fully saturated rings. The fourth-order valence-electron chi connectivity index (χ4n) is 0.870. The van der Waals surface area contributed by atoms with Crippen LogP contribution in [-0.4, -0.2) is 37.6 Å². The van der Waals surface area contributed by atoms with Crippen molar-refractivity contribution < 1.29 is 14.2 Å². The minimum absolute atomic E-state index is 0.144. The van der Waals surface area contributed by atoms with Gasteiger partial charge < -0.3 is 4.74 Å². The van der Waals surface area contributed by atoms with Crippen molar-refractivity contribution in [1.29, 1.82) is 0 Å². The lowest BCUT2D eigenvalue weighted by molar-refractivity contribution is 0.0964. The first kappa shape index (κ1) is 11.4. The number of rotatable bonds is 5. The lowest BCUT2D eigenvalue weighted by Gasteiger charge is -2.04. The molecule has 2 atom stereocenters. The molecule has 0 aliphatic carbocycles. The Hall–Kier alpha value is -0.690. The fourth-order valence-corrected chi connectivity index (χ4v) is 1.61. The third kappa shape index (κ3) is 2.91. The number of aromatic nitrogens is 4. The number of H-pyrrole nitrogens is 1. The lowest BCUT2D eigenvalue weighted by Crippen LogP contribution is -2.17. The second-order valence-corrected chi connectivity index (χ2v) is 3.95. The van der Waals surface area contributed by atoms with Crippen molar-refractivity contribution in [2.45, 2.75) is 19.3 Å². The highest BCUT2D eigenvalue weighted by atomic mass is 32.1. The van der Waals surface area contributed by atoms with E-state index >= 15 is 0 Å². The first-order valence-corrected chi connectivity index (χ1v) is 5.59. The van der Waals surface area contributed by atoms with Crippen LogP contribution in [0, 0.1) is 4.77 Å². The molecule has 2 N–H and O–H groups in total. The standard InChI is InChI=1S/C5H9N4O3PS/c1-2-12-4(13(10)11)3-9-5(14)6-7-8-9/h4H,2-3H2,1H3,(H-,6,8,10,11,14)/p+1. The summed E-state index contributed by atoms with van der Waals surface area (Å²) in [5, 5.41) is 9.46. The Kier molecular flexibility index (Phi) is 4.27. The molecule has 1 heterocycles. The molecule has 0 saturated carbocycles. The monoisotopic (exact) mass is 237 g/mol. The third-order valence-electron chi connectivity index (χ3n) is 1.48. The summed E-state index contributed by atoms with van der Waals surface area (Å²) in [4.78, 5) is 8.92. The molecule has 0 aliphatic heterocycles. The van der Waals surface area contributed by atoms with Gasteiger partial charge in [0.1, 0.15) is 6.54 Å². The predicted octanol–water partition coefficient (Wildman–Crippen LogP) is 0.433. The first-order chi connectivity index (χ1) is 6.65. The van der Waals surface area contributed by atoms with Gasteiger partial charge in [-0.1, -0.05) is 10.3 Å². The summed E-state index contributed by atoms with van der Waals surface area (Å²) >= 11 is 4.80. The topological polar surface area (TPSA) is 93.0 Å². The molecule has 78 valence electrons. The lowest BCUT2D eigenvalue weighted by atomic mass is 10.7. The van der Waals surface area contributed by atoms with Gasteiger partial charge in [-0.2, -0.15) is 10.1 Å². The van der Waals surface area contributed by atoms with Crippen LogP contribution < -0.4 is 0 Å². The van der Waals surface area contributed by atoms with E-state index in [2.05, 4.69) is 15.5 Å². The molecule has 0 saturated heterocycles. The molecule has 1 aromatic heterocycles. The molecule has 1 aromatic rings. The van der Waals surface area contributed by atoms with Crippen LogP contribution in [-0.2, 0) is 15.8 Å². The van der Waals surface area contributed by atoms with Crippen LogP contribution in [0.25, 0.3) is 0 Å². The van der Waals surface area contributed by atoms with Crippen LogP contribution in [0.15, 0.2) is 0 Å². The second-order valence-electron chi connectivity index (χ2n) is 2.41. The molecule has 0 radical (unpaired) electrons. The van der Waals surface area contributed by atoms with Gasteiger partial charge in [-0.25, -0.2) is 4.68 Å².